The molecule has 0 aliphatic heterocycles. The highest BCUT2D eigenvalue weighted by Crippen LogP contribution is 2.26. The van der Waals surface area contributed by atoms with Crippen molar-refractivity contribution in [1.82, 2.24) is 0 Å². The fourth-order valence-corrected chi connectivity index (χ4v) is 11.9. The average Bonchev–Trinajstić information content (AvgIpc) is 2.72. The van der Waals surface area contributed by atoms with Gasteiger partial charge in [0.15, 0.2) is 0 Å². The molecule has 29 heavy (non-hydrogen) atoms. The first-order valence-corrected chi connectivity index (χ1v) is 20.2. The van der Waals surface area contributed by atoms with E-state index >= 15 is 0 Å². The molecular weight excluding hydrogens is 569 g/mol. The molecule has 2 atom stereocenters. The van der Waals surface area contributed by atoms with Gasteiger partial charge in [0.2, 0.25) is 0 Å². The minimum atomic E-state index is 0.767. The molecular formula is C18H38S11. The van der Waals surface area contributed by atoms with E-state index in [2.05, 4.69) is 109 Å². The quantitative estimate of drug-likeness (QED) is 0.0715. The first kappa shape index (κ1) is 32.8. The topological polar surface area (TPSA) is 0 Å². The molecule has 0 heterocycles. The Bertz CT molecular complexity index is 282. The van der Waals surface area contributed by atoms with Crippen LogP contribution in [0.3, 0.4) is 0 Å². The van der Waals surface area contributed by atoms with Crippen molar-refractivity contribution in [1.29, 1.82) is 0 Å². The van der Waals surface area contributed by atoms with Gasteiger partial charge in [0.1, 0.15) is 0 Å². The highest BCUT2D eigenvalue weighted by atomic mass is 32.2. The molecule has 0 amide bonds. The van der Waals surface area contributed by atoms with Crippen LogP contribution in [-0.2, 0) is 0 Å². The standard InChI is InChI=1S/C18H38S11/c19-1-5-23-9-11-28-17(13-25-7-3-21)15-27-16-18(14-26-8-4-22)29-12-10-24-6-2-20/h17-22H,1-16H2. The van der Waals surface area contributed by atoms with Crippen LogP contribution in [0.2, 0.25) is 0 Å². The summed E-state index contributed by atoms with van der Waals surface area (Å²) in [6.07, 6.45) is 0. The van der Waals surface area contributed by atoms with E-state index in [1.165, 1.54) is 69.0 Å². The van der Waals surface area contributed by atoms with Crippen LogP contribution in [0.25, 0.3) is 0 Å². The van der Waals surface area contributed by atoms with Gasteiger partial charge in [-0.25, -0.2) is 0 Å². The molecule has 0 saturated carbocycles. The zero-order valence-electron chi connectivity index (χ0n) is 17.1. The van der Waals surface area contributed by atoms with Crippen molar-refractivity contribution in [3.05, 3.63) is 0 Å². The summed E-state index contributed by atoms with van der Waals surface area (Å²) in [7, 11) is 0. The Morgan fingerprint density at radius 3 is 1.10 bits per heavy atom. The van der Waals surface area contributed by atoms with Crippen molar-refractivity contribution in [2.45, 2.75) is 10.5 Å². The summed E-state index contributed by atoms with van der Waals surface area (Å²) in [4.78, 5) is 0. The summed E-state index contributed by atoms with van der Waals surface area (Å²) >= 11 is 32.1. The predicted molar refractivity (Wildman–Crippen MR) is 175 cm³/mol. The van der Waals surface area contributed by atoms with Crippen LogP contribution >= 0.6 is 133 Å². The van der Waals surface area contributed by atoms with Crippen LogP contribution in [0, 0.1) is 0 Å². The van der Waals surface area contributed by atoms with Gasteiger partial charge in [0.05, 0.1) is 0 Å². The Balaban J connectivity index is 4.20. The maximum absolute atomic E-state index is 4.36. The van der Waals surface area contributed by atoms with Crippen LogP contribution in [-0.4, -0.2) is 103 Å². The third-order valence-electron chi connectivity index (χ3n) is 3.32. The Kier molecular flexibility index (Phi) is 31.8. The SMILES string of the molecule is SCCSCCSC(CSCCS)CSCC(CSCCS)SCCSCCS. The molecule has 0 bridgehead atoms. The summed E-state index contributed by atoms with van der Waals surface area (Å²) < 4.78 is 0. The van der Waals surface area contributed by atoms with E-state index in [9.17, 15) is 0 Å². The molecule has 0 fully saturated rings. The zero-order valence-corrected chi connectivity index (χ0v) is 26.4. The molecule has 0 saturated heterocycles. The summed E-state index contributed by atoms with van der Waals surface area (Å²) in [5, 5.41) is 1.53. The van der Waals surface area contributed by atoms with Crippen molar-refractivity contribution in [3.63, 3.8) is 0 Å². The number of thiol groups is 4. The Hall–Kier alpha value is 3.85. The molecule has 0 rings (SSSR count). The summed E-state index contributed by atoms with van der Waals surface area (Å²) in [5.74, 6) is 18.8. The maximum atomic E-state index is 4.36. The van der Waals surface area contributed by atoms with Gasteiger partial charge in [-0.1, -0.05) is 0 Å². The third-order valence-corrected chi connectivity index (χ3v) is 14.8. The number of hydrogen-bond donors (Lipinski definition) is 4. The molecule has 2 unspecified atom stereocenters. The van der Waals surface area contributed by atoms with Gasteiger partial charge >= 0.3 is 0 Å². The van der Waals surface area contributed by atoms with E-state index in [0.717, 1.165) is 33.5 Å². The molecule has 0 N–H and O–H groups in total. The number of thioether (sulfide) groups is 7. The summed E-state index contributed by atoms with van der Waals surface area (Å²) in [6, 6.07) is 0. The van der Waals surface area contributed by atoms with E-state index in [1.54, 1.807) is 0 Å². The normalized spacial score (nSPS) is 13.7. The van der Waals surface area contributed by atoms with Crippen molar-refractivity contribution in [2.75, 3.05) is 92.0 Å². The van der Waals surface area contributed by atoms with Gasteiger partial charge < -0.3 is 0 Å². The van der Waals surface area contributed by atoms with Gasteiger partial charge in [-0.3, -0.25) is 0 Å². The smallest absolute Gasteiger partial charge is 0.0229 e. The minimum absolute atomic E-state index is 0.767. The summed E-state index contributed by atoms with van der Waals surface area (Å²) in [6.45, 7) is 0. The van der Waals surface area contributed by atoms with E-state index in [-0.39, 0.29) is 0 Å². The maximum Gasteiger partial charge on any atom is 0.0229 e. The predicted octanol–water partition coefficient (Wildman–Crippen LogP) is 6.58. The number of hydrogen-bond acceptors (Lipinski definition) is 11. The van der Waals surface area contributed by atoms with Gasteiger partial charge in [0, 0.05) is 79.5 Å². The van der Waals surface area contributed by atoms with Crippen LogP contribution in [0.15, 0.2) is 0 Å². The van der Waals surface area contributed by atoms with E-state index in [4.69, 9.17) is 0 Å². The molecule has 0 radical (unpaired) electrons. The minimum Gasteiger partial charge on any atom is -0.179 e. The molecule has 0 aliphatic carbocycles. The van der Waals surface area contributed by atoms with E-state index < -0.39 is 0 Å². The molecule has 0 spiro atoms. The second-order valence-electron chi connectivity index (χ2n) is 5.79. The lowest BCUT2D eigenvalue weighted by Crippen LogP contribution is -2.17. The number of rotatable bonds is 24. The zero-order chi connectivity index (χ0) is 21.4. The van der Waals surface area contributed by atoms with Crippen molar-refractivity contribution < 1.29 is 0 Å². The molecule has 11 heteroatoms. The van der Waals surface area contributed by atoms with Gasteiger partial charge in [-0.05, 0) is 23.0 Å². The third kappa shape index (κ3) is 24.8. The monoisotopic (exact) mass is 606 g/mol. The van der Waals surface area contributed by atoms with Crippen LogP contribution in [0.4, 0.5) is 0 Å². The van der Waals surface area contributed by atoms with Gasteiger partial charge in [0.25, 0.3) is 0 Å². The molecule has 0 nitrogen and oxygen atoms in total. The lowest BCUT2D eigenvalue weighted by atomic mass is 10.5. The Labute approximate surface area is 232 Å². The van der Waals surface area contributed by atoms with Gasteiger partial charge in [-0.15, -0.1) is 0 Å². The lowest BCUT2D eigenvalue weighted by Gasteiger charge is -2.19. The average molecular weight is 607 g/mol. The van der Waals surface area contributed by atoms with Gasteiger partial charge in [-0.2, -0.15) is 133 Å². The fourth-order valence-electron chi connectivity index (χ4n) is 2.06. The summed E-state index contributed by atoms with van der Waals surface area (Å²) in [5.41, 5.74) is 0. The largest absolute Gasteiger partial charge is 0.179 e. The van der Waals surface area contributed by atoms with Crippen LogP contribution in [0.5, 0.6) is 0 Å². The van der Waals surface area contributed by atoms with E-state index in [1.807, 2.05) is 23.5 Å². The molecule has 0 aromatic rings. The molecule has 0 aromatic carbocycles. The first-order valence-electron chi connectivity index (χ1n) is 9.83. The van der Waals surface area contributed by atoms with Crippen molar-refractivity contribution in [2.24, 2.45) is 0 Å². The Morgan fingerprint density at radius 2 is 0.724 bits per heavy atom. The van der Waals surface area contributed by atoms with Crippen LogP contribution in [0.1, 0.15) is 0 Å². The van der Waals surface area contributed by atoms with Crippen LogP contribution < -0.4 is 0 Å². The van der Waals surface area contributed by atoms with Crippen molar-refractivity contribution >= 4 is 133 Å². The molecule has 0 aliphatic rings. The van der Waals surface area contributed by atoms with E-state index in [0.29, 0.717) is 0 Å². The fraction of sp³-hybridized carbons (Fsp3) is 1.00. The Morgan fingerprint density at radius 1 is 0.379 bits per heavy atom. The lowest BCUT2D eigenvalue weighted by molar-refractivity contribution is 1.11. The highest BCUT2D eigenvalue weighted by molar-refractivity contribution is 8.08. The molecule has 0 aromatic heterocycles. The second-order valence-corrected chi connectivity index (χ2v) is 16.2. The molecule has 176 valence electrons. The van der Waals surface area contributed by atoms with Crippen molar-refractivity contribution in [3.8, 4) is 0 Å². The first-order chi connectivity index (χ1) is 14.3. The second kappa shape index (κ2) is 28.1. The highest BCUT2D eigenvalue weighted by Gasteiger charge is 2.14.